The maximum absolute atomic E-state index is 15.4. The molecule has 0 heterocycles. The number of benzene rings is 2. The first-order chi connectivity index (χ1) is 21.1. The van der Waals surface area contributed by atoms with E-state index in [9.17, 15) is 0 Å². The number of rotatable bonds is 14. The second kappa shape index (κ2) is 17.0. The molecule has 0 amide bonds. The third-order valence-corrected chi connectivity index (χ3v) is 11.7. The average Bonchev–Trinajstić information content (AvgIpc) is 3.06. The van der Waals surface area contributed by atoms with Crippen LogP contribution in [0.3, 0.4) is 0 Å². The van der Waals surface area contributed by atoms with Gasteiger partial charge >= 0.3 is 0 Å². The SMILES string of the molecule is CCCCCCCC1CCC(c2ccc(C3=CCC(c4ccc(C5CCC(CCCCC)CC5)c(F)c4)CC3)cc2)CC1. The molecule has 0 nitrogen and oxygen atoms in total. The summed E-state index contributed by atoms with van der Waals surface area (Å²) in [6, 6.07) is 15.9. The van der Waals surface area contributed by atoms with Crippen molar-refractivity contribution in [1.29, 1.82) is 0 Å². The zero-order valence-electron chi connectivity index (χ0n) is 27.7. The Kier molecular flexibility index (Phi) is 12.8. The molecule has 0 N–H and O–H groups in total. The summed E-state index contributed by atoms with van der Waals surface area (Å²) in [4.78, 5) is 0. The van der Waals surface area contributed by atoms with Crippen molar-refractivity contribution in [2.75, 3.05) is 0 Å². The smallest absolute Gasteiger partial charge is 0.126 e. The van der Waals surface area contributed by atoms with Crippen LogP contribution in [0.5, 0.6) is 0 Å². The van der Waals surface area contributed by atoms with Crippen LogP contribution in [-0.2, 0) is 0 Å². The van der Waals surface area contributed by atoms with Crippen LogP contribution >= 0.6 is 0 Å². The lowest BCUT2D eigenvalue weighted by atomic mass is 9.76. The molecule has 1 heteroatoms. The molecule has 2 aromatic carbocycles. The minimum Gasteiger partial charge on any atom is -0.207 e. The second-order valence-corrected chi connectivity index (χ2v) is 14.7. The molecular formula is C42H61F. The standard InChI is InChI=1S/C42H61F/c1-3-5-7-8-10-12-33-13-17-34(18-14-33)35-21-23-36(24-22-35)37-25-27-38(28-26-37)40-29-30-41(42(43)31-40)39-19-15-32(16-20-39)11-9-6-4-2/h21-25,29-34,38-39H,3-20,26-28H2,1-2H3. The van der Waals surface area contributed by atoms with Gasteiger partial charge in [0.2, 0.25) is 0 Å². The summed E-state index contributed by atoms with van der Waals surface area (Å²) < 4.78 is 15.4. The summed E-state index contributed by atoms with van der Waals surface area (Å²) in [5.74, 6) is 3.53. The van der Waals surface area contributed by atoms with Crippen molar-refractivity contribution in [3.63, 3.8) is 0 Å². The van der Waals surface area contributed by atoms with Crippen LogP contribution in [0.2, 0.25) is 0 Å². The van der Waals surface area contributed by atoms with E-state index < -0.39 is 0 Å². The number of hydrogen-bond donors (Lipinski definition) is 0. The summed E-state index contributed by atoms with van der Waals surface area (Å²) in [6.45, 7) is 4.59. The topological polar surface area (TPSA) is 0 Å². The van der Waals surface area contributed by atoms with Gasteiger partial charge in [0.25, 0.3) is 0 Å². The minimum atomic E-state index is 0.0540. The highest BCUT2D eigenvalue weighted by atomic mass is 19.1. The van der Waals surface area contributed by atoms with Gasteiger partial charge in [0.1, 0.15) is 5.82 Å². The fraction of sp³-hybridized carbons (Fsp3) is 0.667. The maximum atomic E-state index is 15.4. The van der Waals surface area contributed by atoms with Crippen LogP contribution in [0, 0.1) is 17.7 Å². The van der Waals surface area contributed by atoms with Gasteiger partial charge in [-0.3, -0.25) is 0 Å². The number of hydrogen-bond acceptors (Lipinski definition) is 0. The molecule has 3 aliphatic carbocycles. The molecule has 43 heavy (non-hydrogen) atoms. The molecule has 0 radical (unpaired) electrons. The van der Waals surface area contributed by atoms with Crippen molar-refractivity contribution < 1.29 is 4.39 Å². The van der Waals surface area contributed by atoms with Gasteiger partial charge in [-0.2, -0.15) is 0 Å². The van der Waals surface area contributed by atoms with Crippen molar-refractivity contribution in [3.05, 3.63) is 76.6 Å². The van der Waals surface area contributed by atoms with E-state index in [4.69, 9.17) is 0 Å². The van der Waals surface area contributed by atoms with Gasteiger partial charge in [0.05, 0.1) is 0 Å². The molecule has 0 saturated heterocycles. The number of allylic oxidation sites excluding steroid dienone is 2. The molecule has 236 valence electrons. The van der Waals surface area contributed by atoms with E-state index in [1.165, 1.54) is 132 Å². The maximum Gasteiger partial charge on any atom is 0.126 e. The van der Waals surface area contributed by atoms with E-state index in [-0.39, 0.29) is 5.82 Å². The van der Waals surface area contributed by atoms with E-state index in [2.05, 4.69) is 56.3 Å². The lowest BCUT2D eigenvalue weighted by molar-refractivity contribution is 0.299. The molecule has 2 fully saturated rings. The summed E-state index contributed by atoms with van der Waals surface area (Å²) in [6.07, 6.45) is 30.1. The summed E-state index contributed by atoms with van der Waals surface area (Å²) in [5.41, 5.74) is 6.63. The monoisotopic (exact) mass is 584 g/mol. The Bertz CT molecular complexity index is 1110. The third kappa shape index (κ3) is 9.31. The van der Waals surface area contributed by atoms with Gasteiger partial charge in [0, 0.05) is 0 Å². The van der Waals surface area contributed by atoms with Gasteiger partial charge in [-0.25, -0.2) is 4.39 Å². The van der Waals surface area contributed by atoms with Gasteiger partial charge in [0.15, 0.2) is 0 Å². The fourth-order valence-corrected chi connectivity index (χ4v) is 8.76. The Balaban J connectivity index is 1.07. The molecule has 1 atom stereocenters. The van der Waals surface area contributed by atoms with Crippen LogP contribution in [0.25, 0.3) is 5.57 Å². The summed E-state index contributed by atoms with van der Waals surface area (Å²) in [5, 5.41) is 0. The van der Waals surface area contributed by atoms with Gasteiger partial charge in [-0.15, -0.1) is 0 Å². The molecule has 0 bridgehead atoms. The molecular weight excluding hydrogens is 523 g/mol. The molecule has 1 unspecified atom stereocenters. The molecule has 2 aromatic rings. The molecule has 5 rings (SSSR count). The van der Waals surface area contributed by atoms with E-state index in [0.29, 0.717) is 11.8 Å². The summed E-state index contributed by atoms with van der Waals surface area (Å²) in [7, 11) is 0. The van der Waals surface area contributed by atoms with Crippen molar-refractivity contribution in [1.82, 2.24) is 0 Å². The first-order valence-corrected chi connectivity index (χ1v) is 18.7. The predicted octanol–water partition coefficient (Wildman–Crippen LogP) is 13.7. The minimum absolute atomic E-state index is 0.0540. The first-order valence-electron chi connectivity index (χ1n) is 18.7. The van der Waals surface area contributed by atoms with Crippen LogP contribution in [0.15, 0.2) is 48.5 Å². The third-order valence-electron chi connectivity index (χ3n) is 11.7. The Hall–Kier alpha value is -1.89. The highest BCUT2D eigenvalue weighted by molar-refractivity contribution is 5.67. The van der Waals surface area contributed by atoms with E-state index in [1.54, 1.807) is 5.56 Å². The van der Waals surface area contributed by atoms with E-state index >= 15 is 4.39 Å². The van der Waals surface area contributed by atoms with Crippen molar-refractivity contribution >= 4 is 5.57 Å². The van der Waals surface area contributed by atoms with Crippen LogP contribution in [0.4, 0.5) is 4.39 Å². The van der Waals surface area contributed by atoms with E-state index in [1.807, 2.05) is 6.07 Å². The normalized spacial score (nSPS) is 26.3. The van der Waals surface area contributed by atoms with Crippen LogP contribution < -0.4 is 0 Å². The van der Waals surface area contributed by atoms with Gasteiger partial charge in [-0.1, -0.05) is 121 Å². The summed E-state index contributed by atoms with van der Waals surface area (Å²) >= 11 is 0. The highest BCUT2D eigenvalue weighted by Gasteiger charge is 2.26. The molecule has 0 aromatic heterocycles. The average molecular weight is 585 g/mol. The highest BCUT2D eigenvalue weighted by Crippen LogP contribution is 2.42. The number of halogens is 1. The predicted molar refractivity (Wildman–Crippen MR) is 184 cm³/mol. The van der Waals surface area contributed by atoms with Gasteiger partial charge < -0.3 is 0 Å². The molecule has 3 aliphatic rings. The lowest BCUT2D eigenvalue weighted by Crippen LogP contribution is -2.15. The molecule has 0 spiro atoms. The molecule has 0 aliphatic heterocycles. The second-order valence-electron chi connectivity index (χ2n) is 14.7. The molecule has 2 saturated carbocycles. The number of unbranched alkanes of at least 4 members (excludes halogenated alkanes) is 6. The zero-order valence-corrected chi connectivity index (χ0v) is 27.7. The largest absolute Gasteiger partial charge is 0.207 e. The van der Waals surface area contributed by atoms with Gasteiger partial charge in [-0.05, 0) is 134 Å². The van der Waals surface area contributed by atoms with Crippen LogP contribution in [0.1, 0.15) is 189 Å². The Morgan fingerprint density at radius 2 is 1.16 bits per heavy atom. The fourth-order valence-electron chi connectivity index (χ4n) is 8.76. The quantitative estimate of drug-likeness (QED) is 0.194. The lowest BCUT2D eigenvalue weighted by Gasteiger charge is -2.30. The Morgan fingerprint density at radius 3 is 1.77 bits per heavy atom. The van der Waals surface area contributed by atoms with Crippen molar-refractivity contribution in [2.45, 2.75) is 166 Å². The zero-order chi connectivity index (χ0) is 29.9. The Morgan fingerprint density at radius 1 is 0.581 bits per heavy atom. The van der Waals surface area contributed by atoms with Crippen molar-refractivity contribution in [3.8, 4) is 0 Å². The van der Waals surface area contributed by atoms with E-state index in [0.717, 1.165) is 42.6 Å². The van der Waals surface area contributed by atoms with Crippen molar-refractivity contribution in [2.24, 2.45) is 11.8 Å². The Labute approximate surface area is 264 Å². The first kappa shape index (κ1) is 32.5. The van der Waals surface area contributed by atoms with Crippen LogP contribution in [-0.4, -0.2) is 0 Å².